The second kappa shape index (κ2) is 10.1. The van der Waals surface area contributed by atoms with Gasteiger partial charge in [-0.1, -0.05) is 0 Å². The zero-order valence-electron chi connectivity index (χ0n) is 16.1. The summed E-state index contributed by atoms with van der Waals surface area (Å²) in [6.45, 7) is 4.80. The van der Waals surface area contributed by atoms with Crippen molar-refractivity contribution in [2.45, 2.75) is 26.9 Å². The molecule has 0 aliphatic heterocycles. The van der Waals surface area contributed by atoms with Crippen molar-refractivity contribution in [3.8, 4) is 11.5 Å². The number of hydrogen-bond acceptors (Lipinski definition) is 4. The summed E-state index contributed by atoms with van der Waals surface area (Å²) < 4.78 is 85.2. The van der Waals surface area contributed by atoms with Gasteiger partial charge in [-0.15, -0.1) is 0 Å². The van der Waals surface area contributed by atoms with Gasteiger partial charge in [0.15, 0.2) is 0 Å². The summed E-state index contributed by atoms with van der Waals surface area (Å²) in [5.74, 6) is -13.4. The molecule has 0 saturated heterocycles. The number of carbonyl (C=O) groups excluding carboxylic acids is 1. The van der Waals surface area contributed by atoms with Gasteiger partial charge in [0.25, 0.3) is 0 Å². The molecule has 2 aromatic carbocycles. The minimum atomic E-state index is -3.33. The Kier molecular flexibility index (Phi) is 8.23. The van der Waals surface area contributed by atoms with Gasteiger partial charge >= 0.3 is 181 Å². The molecule has 2 rings (SSSR count). The SMILES string of the molecule is CC(C)OC(=O)[C@@H](C)C[P](=[W])(Oc1ccccc1)Oc1c(F)c(F)c(F)c(F)c1F. The van der Waals surface area contributed by atoms with Gasteiger partial charge in [0.1, 0.15) is 0 Å². The van der Waals surface area contributed by atoms with Crippen LogP contribution in [0.2, 0.25) is 0 Å². The molecular weight excluding hydrogens is 602 g/mol. The van der Waals surface area contributed by atoms with Gasteiger partial charge in [0.2, 0.25) is 0 Å². The number of carbonyl (C=O) groups is 1. The van der Waals surface area contributed by atoms with Crippen molar-refractivity contribution >= 4 is 11.3 Å². The number of benzene rings is 2. The predicted molar refractivity (Wildman–Crippen MR) is 96.1 cm³/mol. The third-order valence-corrected chi connectivity index (χ3v) is 8.80. The zero-order valence-corrected chi connectivity index (χ0v) is 20.0. The van der Waals surface area contributed by atoms with Gasteiger partial charge in [-0.25, -0.2) is 0 Å². The normalized spacial score (nSPS) is 14.2. The van der Waals surface area contributed by atoms with Crippen LogP contribution in [0.15, 0.2) is 30.3 Å². The molecule has 0 saturated carbocycles. The van der Waals surface area contributed by atoms with Crippen molar-refractivity contribution in [3.05, 3.63) is 59.4 Å². The van der Waals surface area contributed by atoms with E-state index in [9.17, 15) is 26.7 Å². The third kappa shape index (κ3) is 5.92. The van der Waals surface area contributed by atoms with Crippen LogP contribution in [0.3, 0.4) is 0 Å². The summed E-state index contributed by atoms with van der Waals surface area (Å²) in [6, 6.07) is 8.03. The molecule has 4 nitrogen and oxygen atoms in total. The van der Waals surface area contributed by atoms with E-state index >= 15 is 0 Å². The monoisotopic (exact) mass is 620 g/mol. The Labute approximate surface area is 180 Å². The molecule has 0 radical (unpaired) electrons. The molecule has 2 atom stereocenters. The average molecular weight is 620 g/mol. The fourth-order valence-corrected chi connectivity index (χ4v) is 8.33. The third-order valence-electron chi connectivity index (χ3n) is 3.64. The first-order chi connectivity index (χ1) is 13.9. The van der Waals surface area contributed by atoms with Crippen LogP contribution in [0.1, 0.15) is 20.8 Å². The van der Waals surface area contributed by atoms with Gasteiger partial charge in [-0.2, -0.15) is 0 Å². The standard InChI is InChI=1S/C19H18F5O4P.W/c1-10(2)26-19(25)11(3)9-29(27-12-7-5-4-6-8-12)28-18-16(23)14(21)13(20)15(22)17(18)24;/h4-8,10-11H,9H2,1-3H3;/t11-,29?;/m0./s1. The molecule has 0 bridgehead atoms. The molecule has 0 aliphatic rings. The second-order valence-electron chi connectivity index (χ2n) is 6.57. The van der Waals surface area contributed by atoms with E-state index in [0.29, 0.717) is 18.8 Å². The molecule has 0 aliphatic carbocycles. The number of hydrogen-bond donors (Lipinski definition) is 0. The van der Waals surface area contributed by atoms with Crippen molar-refractivity contribution in [2.75, 3.05) is 6.16 Å². The van der Waals surface area contributed by atoms with Crippen LogP contribution < -0.4 is 9.05 Å². The summed E-state index contributed by atoms with van der Waals surface area (Å²) in [7, 11) is 0. The number of rotatable bonds is 8. The summed E-state index contributed by atoms with van der Waals surface area (Å²) in [5.41, 5.74) is 0. The van der Waals surface area contributed by atoms with Gasteiger partial charge in [0.05, 0.1) is 0 Å². The number of esters is 1. The van der Waals surface area contributed by atoms with Gasteiger partial charge < -0.3 is 0 Å². The Morgan fingerprint density at radius 2 is 1.40 bits per heavy atom. The zero-order chi connectivity index (χ0) is 22.6. The first-order valence-electron chi connectivity index (χ1n) is 8.70. The summed E-state index contributed by atoms with van der Waals surface area (Å²) >= 11 is 0.537. The molecule has 0 spiro atoms. The van der Waals surface area contributed by atoms with Crippen molar-refractivity contribution < 1.29 is 59.3 Å². The van der Waals surface area contributed by atoms with Crippen LogP contribution in [-0.2, 0) is 28.3 Å². The molecule has 1 unspecified atom stereocenters. The van der Waals surface area contributed by atoms with Crippen LogP contribution >= 0.6 is 5.35 Å². The fraction of sp³-hybridized carbons (Fsp3) is 0.316. The number of halogens is 5. The molecule has 30 heavy (non-hydrogen) atoms. The molecule has 0 aromatic heterocycles. The average Bonchev–Trinajstić information content (AvgIpc) is 2.68. The molecule has 0 fully saturated rings. The molecule has 0 N–H and O–H groups in total. The molecule has 164 valence electrons. The fourth-order valence-electron chi connectivity index (χ4n) is 2.30. The van der Waals surface area contributed by atoms with E-state index in [1.165, 1.54) is 19.1 Å². The van der Waals surface area contributed by atoms with E-state index in [-0.39, 0.29) is 11.9 Å². The van der Waals surface area contributed by atoms with Crippen LogP contribution in [0, 0.1) is 35.0 Å². The van der Waals surface area contributed by atoms with E-state index in [2.05, 4.69) is 0 Å². The van der Waals surface area contributed by atoms with Crippen molar-refractivity contribution in [1.82, 2.24) is 0 Å². The maximum absolute atomic E-state index is 14.2. The second-order valence-corrected chi connectivity index (χ2v) is 14.5. The van der Waals surface area contributed by atoms with E-state index in [1.54, 1.807) is 32.0 Å². The van der Waals surface area contributed by atoms with Gasteiger partial charge in [0, 0.05) is 0 Å². The maximum atomic E-state index is 14.2. The van der Waals surface area contributed by atoms with Gasteiger partial charge in [-0.05, 0) is 0 Å². The summed E-state index contributed by atoms with van der Waals surface area (Å²) in [5, 5.41) is -3.33. The van der Waals surface area contributed by atoms with Crippen LogP contribution in [-0.4, -0.2) is 18.2 Å². The van der Waals surface area contributed by atoms with Crippen LogP contribution in [0.4, 0.5) is 22.0 Å². The Bertz CT molecular complexity index is 942. The van der Waals surface area contributed by atoms with E-state index in [1.807, 2.05) is 0 Å². The predicted octanol–water partition coefficient (Wildman–Crippen LogP) is 5.74. The van der Waals surface area contributed by atoms with Crippen molar-refractivity contribution in [1.29, 1.82) is 0 Å². The quantitative estimate of drug-likeness (QED) is 0.124. The Hall–Kier alpha value is -1.72. The van der Waals surface area contributed by atoms with E-state index in [4.69, 9.17) is 13.8 Å². The van der Waals surface area contributed by atoms with E-state index in [0.717, 1.165) is 0 Å². The first kappa shape index (κ1) is 24.5. The van der Waals surface area contributed by atoms with Crippen molar-refractivity contribution in [2.24, 2.45) is 5.92 Å². The Morgan fingerprint density at radius 3 is 1.90 bits per heavy atom. The molecular formula is C19H18F5O4PW. The minimum absolute atomic E-state index is 0.164. The molecule has 0 heterocycles. The Morgan fingerprint density at radius 1 is 0.900 bits per heavy atom. The first-order valence-corrected chi connectivity index (χ1v) is 14.4. The molecule has 11 heteroatoms. The Balaban J connectivity index is 2.45. The topological polar surface area (TPSA) is 44.8 Å². The van der Waals surface area contributed by atoms with Gasteiger partial charge in [-0.3, -0.25) is 0 Å². The van der Waals surface area contributed by atoms with Crippen LogP contribution in [0.5, 0.6) is 11.5 Å². The van der Waals surface area contributed by atoms with Crippen LogP contribution in [0.25, 0.3) is 0 Å². The van der Waals surface area contributed by atoms with Crippen molar-refractivity contribution in [3.63, 3.8) is 0 Å². The number of para-hydroxylation sites is 1. The summed E-state index contributed by atoms with van der Waals surface area (Å²) in [6.07, 6.45) is -0.564. The van der Waals surface area contributed by atoms with E-state index < -0.39 is 58.2 Å². The molecule has 0 amide bonds. The molecule has 2 aromatic rings. The number of ether oxygens (including phenoxy) is 1. The summed E-state index contributed by atoms with van der Waals surface area (Å²) in [4.78, 5) is 12.2.